The molecule has 0 bridgehead atoms. The Labute approximate surface area is 215 Å². The van der Waals surface area contributed by atoms with E-state index in [0.29, 0.717) is 31.3 Å². The number of halogens is 2. The van der Waals surface area contributed by atoms with Crippen molar-refractivity contribution in [2.45, 2.75) is 0 Å². The zero-order valence-electron chi connectivity index (χ0n) is 17.2. The predicted octanol–water partition coefficient (Wildman–Crippen LogP) is 6.86. The van der Waals surface area contributed by atoms with E-state index in [2.05, 4.69) is 0 Å². The van der Waals surface area contributed by atoms with Crippen LogP contribution in [0.1, 0.15) is 22.3 Å². The van der Waals surface area contributed by atoms with Crippen molar-refractivity contribution >= 4 is 91.0 Å². The summed E-state index contributed by atoms with van der Waals surface area (Å²) < 4.78 is 27.0. The van der Waals surface area contributed by atoms with E-state index in [4.69, 9.17) is 48.9 Å². The van der Waals surface area contributed by atoms with Crippen LogP contribution in [0, 0.1) is 11.6 Å². The van der Waals surface area contributed by atoms with Crippen molar-refractivity contribution in [1.29, 1.82) is 0 Å². The van der Waals surface area contributed by atoms with Crippen molar-refractivity contribution in [2.75, 3.05) is 9.80 Å². The fourth-order valence-electron chi connectivity index (χ4n) is 4.52. The number of anilines is 2. The second kappa shape index (κ2) is 7.74. The molecule has 0 unspecified atom stereocenters. The third-order valence-corrected chi connectivity index (χ3v) is 7.67. The maximum Gasteiger partial charge on any atom is 0.123 e. The number of hydrogen-bond donors (Lipinski definition) is 0. The summed E-state index contributed by atoms with van der Waals surface area (Å²) in [7, 11) is 0. The molecule has 34 heavy (non-hydrogen) atoms. The molecular weight excluding hydrogens is 507 g/mol. The van der Waals surface area contributed by atoms with E-state index in [0.717, 1.165) is 33.0 Å². The van der Waals surface area contributed by atoms with Crippen molar-refractivity contribution in [1.82, 2.24) is 0 Å². The van der Waals surface area contributed by atoms with E-state index in [1.807, 2.05) is 24.3 Å². The predicted molar refractivity (Wildman–Crippen MR) is 149 cm³/mol. The summed E-state index contributed by atoms with van der Waals surface area (Å²) in [6, 6.07) is 19.9. The minimum absolute atomic E-state index is 0.329. The van der Waals surface area contributed by atoms with Crippen LogP contribution in [0.4, 0.5) is 20.2 Å². The molecule has 0 fully saturated rings. The molecule has 4 aromatic rings. The third kappa shape index (κ3) is 2.99. The summed E-state index contributed by atoms with van der Waals surface area (Å²) in [6.45, 7) is 0. The van der Waals surface area contributed by atoms with E-state index in [1.54, 1.807) is 34.1 Å². The van der Waals surface area contributed by atoms with Crippen molar-refractivity contribution in [3.63, 3.8) is 0 Å². The molecule has 0 saturated heterocycles. The van der Waals surface area contributed by atoms with Crippen molar-refractivity contribution in [3.05, 3.63) is 107 Å². The van der Waals surface area contributed by atoms with E-state index >= 15 is 0 Å². The topological polar surface area (TPSA) is 6.48 Å². The summed E-state index contributed by atoms with van der Waals surface area (Å²) >= 11 is 23.4. The molecule has 8 heteroatoms. The lowest BCUT2D eigenvalue weighted by atomic mass is 9.86. The second-order valence-electron chi connectivity index (χ2n) is 7.92. The highest BCUT2D eigenvalue weighted by Gasteiger charge is 2.35. The summed E-state index contributed by atoms with van der Waals surface area (Å²) in [6.07, 6.45) is 0. The Kier molecular flexibility index (Phi) is 4.90. The van der Waals surface area contributed by atoms with Crippen LogP contribution in [-0.4, -0.2) is 20.0 Å². The highest BCUT2D eigenvalue weighted by Crippen LogP contribution is 2.41. The molecule has 0 amide bonds. The third-order valence-electron chi connectivity index (χ3n) is 6.06. The summed E-state index contributed by atoms with van der Waals surface area (Å²) in [4.78, 5) is 5.70. The van der Waals surface area contributed by atoms with Gasteiger partial charge >= 0.3 is 0 Å². The smallest absolute Gasteiger partial charge is 0.123 e. The number of benzene rings is 4. The maximum atomic E-state index is 13.5. The van der Waals surface area contributed by atoms with E-state index < -0.39 is 0 Å². The molecule has 6 rings (SSSR count). The lowest BCUT2D eigenvalue weighted by Crippen LogP contribution is -2.42. The van der Waals surface area contributed by atoms with Gasteiger partial charge in [-0.05, 0) is 48.5 Å². The first-order valence-corrected chi connectivity index (χ1v) is 11.9. The molecule has 4 aromatic carbocycles. The van der Waals surface area contributed by atoms with Gasteiger partial charge in [-0.15, -0.1) is 0 Å². The van der Waals surface area contributed by atoms with Gasteiger partial charge in [0.05, 0.1) is 0 Å². The molecule has 0 aromatic heterocycles. The van der Waals surface area contributed by atoms with Crippen LogP contribution < -0.4 is 9.80 Å². The fourth-order valence-corrected chi connectivity index (χ4v) is 6.11. The number of nitrogens with zero attached hydrogens (tertiary/aromatic N) is 2. The van der Waals surface area contributed by atoms with Crippen LogP contribution in [0.3, 0.4) is 0 Å². The van der Waals surface area contributed by atoms with Crippen molar-refractivity contribution in [3.8, 4) is 0 Å². The lowest BCUT2D eigenvalue weighted by molar-refractivity contribution is 0.627. The summed E-state index contributed by atoms with van der Waals surface area (Å²) in [5, 5.41) is 1.82. The van der Waals surface area contributed by atoms with Crippen LogP contribution in [0.2, 0.25) is 0 Å². The van der Waals surface area contributed by atoms with Gasteiger partial charge in [-0.3, -0.25) is 9.80 Å². The number of thiocarbonyl (C=S) groups is 4. The van der Waals surface area contributed by atoms with Crippen molar-refractivity contribution < 1.29 is 8.78 Å². The Morgan fingerprint density at radius 1 is 0.412 bits per heavy atom. The van der Waals surface area contributed by atoms with Crippen LogP contribution in [0.15, 0.2) is 72.8 Å². The molecule has 2 nitrogen and oxygen atoms in total. The second-order valence-corrected chi connectivity index (χ2v) is 9.46. The van der Waals surface area contributed by atoms with Gasteiger partial charge in [-0.25, -0.2) is 8.78 Å². The molecule has 0 aliphatic carbocycles. The SMILES string of the molecule is Fc1ccc(N2C(=S)c3ccc4c5c(ccc(c35)C2=S)C(=S)N(c2ccc(F)cc2)C4=S)cc1. The monoisotopic (exact) mass is 518 g/mol. The van der Waals surface area contributed by atoms with Gasteiger partial charge in [0.1, 0.15) is 31.6 Å². The van der Waals surface area contributed by atoms with Gasteiger partial charge < -0.3 is 0 Å². The number of hydrogen-bond acceptors (Lipinski definition) is 4. The van der Waals surface area contributed by atoms with Gasteiger partial charge in [0.2, 0.25) is 0 Å². The Morgan fingerprint density at radius 2 is 0.676 bits per heavy atom. The molecule has 2 heterocycles. The van der Waals surface area contributed by atoms with Gasteiger partial charge in [0, 0.05) is 44.4 Å². The maximum absolute atomic E-state index is 13.5. The highest BCUT2D eigenvalue weighted by molar-refractivity contribution is 7.83. The Hall–Kier alpha value is -3.04. The molecule has 2 aliphatic heterocycles. The number of rotatable bonds is 2. The normalized spacial score (nSPS) is 14.9. The molecule has 0 spiro atoms. The first-order valence-electron chi connectivity index (χ1n) is 10.3. The van der Waals surface area contributed by atoms with Crippen molar-refractivity contribution in [2.24, 2.45) is 0 Å². The quantitative estimate of drug-likeness (QED) is 0.266. The van der Waals surface area contributed by atoms with Gasteiger partial charge in [0.25, 0.3) is 0 Å². The fraction of sp³-hybridized carbons (Fsp3) is 0. The molecule has 0 saturated carbocycles. The molecule has 0 radical (unpaired) electrons. The summed E-state index contributed by atoms with van der Waals surface area (Å²) in [5.41, 5.74) is 4.75. The average molecular weight is 519 g/mol. The largest absolute Gasteiger partial charge is 0.291 e. The first kappa shape index (κ1) is 21.5. The minimum atomic E-state index is -0.329. The summed E-state index contributed by atoms with van der Waals surface area (Å²) in [5.74, 6) is -0.659. The lowest BCUT2D eigenvalue weighted by Gasteiger charge is -2.36. The van der Waals surface area contributed by atoms with E-state index in [1.165, 1.54) is 24.3 Å². The van der Waals surface area contributed by atoms with E-state index in [-0.39, 0.29) is 11.6 Å². The van der Waals surface area contributed by atoms with Crippen LogP contribution in [-0.2, 0) is 0 Å². The van der Waals surface area contributed by atoms with Gasteiger partial charge in [-0.2, -0.15) is 0 Å². The van der Waals surface area contributed by atoms with Gasteiger partial charge in [-0.1, -0.05) is 73.1 Å². The highest BCUT2D eigenvalue weighted by atomic mass is 32.1. The average Bonchev–Trinajstić information content (AvgIpc) is 2.83. The van der Waals surface area contributed by atoms with E-state index in [9.17, 15) is 8.78 Å². The molecule has 164 valence electrons. The molecule has 2 aliphatic rings. The van der Waals surface area contributed by atoms with Crippen LogP contribution >= 0.6 is 48.9 Å². The Bertz CT molecular complexity index is 1400. The first-order chi connectivity index (χ1) is 16.4. The minimum Gasteiger partial charge on any atom is -0.291 e. The van der Waals surface area contributed by atoms with Crippen LogP contribution in [0.5, 0.6) is 0 Å². The van der Waals surface area contributed by atoms with Crippen LogP contribution in [0.25, 0.3) is 10.8 Å². The molecule has 0 atom stereocenters. The van der Waals surface area contributed by atoms with Gasteiger partial charge in [0.15, 0.2) is 0 Å². The molecule has 0 N–H and O–H groups in total. The zero-order valence-corrected chi connectivity index (χ0v) is 20.5. The Morgan fingerprint density at radius 3 is 0.941 bits per heavy atom. The zero-order chi connectivity index (χ0) is 23.7. The molecular formula is C26H12F2N2S4. The Balaban J connectivity index is 1.55. The standard InChI is InChI=1S/C26H12F2N2S4/c27-13-1-5-15(6-2-13)29-23(31)17-9-11-19-22-20(12-10-18(21(17)22)24(29)32)26(34)30(25(19)33)16-7-3-14(28)4-8-16/h1-12H.